The Hall–Kier alpha value is -4.61. The van der Waals surface area contributed by atoms with Crippen molar-refractivity contribution in [3.05, 3.63) is 82.4 Å². The highest BCUT2D eigenvalue weighted by molar-refractivity contribution is 5.99. The zero-order valence-electron chi connectivity index (χ0n) is 25.0. The van der Waals surface area contributed by atoms with Crippen LogP contribution in [0.1, 0.15) is 43.6 Å². The quantitative estimate of drug-likeness (QED) is 0.268. The van der Waals surface area contributed by atoms with Crippen molar-refractivity contribution in [1.29, 1.82) is 0 Å². The lowest BCUT2D eigenvalue weighted by atomic mass is 9.91. The van der Waals surface area contributed by atoms with Crippen molar-refractivity contribution < 1.29 is 13.9 Å². The molecule has 230 valence electrons. The number of phenolic OH excluding ortho intramolecular Hbond substituents is 1. The van der Waals surface area contributed by atoms with Gasteiger partial charge < -0.3 is 15.3 Å². The number of phenols is 1. The fourth-order valence-electron chi connectivity index (χ4n) is 6.96. The molecule has 1 atom stereocenters. The molecule has 45 heavy (non-hydrogen) atoms. The van der Waals surface area contributed by atoms with Crippen molar-refractivity contribution >= 4 is 33.2 Å². The Morgan fingerprint density at radius 2 is 1.93 bits per heavy atom. The van der Waals surface area contributed by atoms with Crippen LogP contribution in [0.15, 0.2) is 64.1 Å². The second kappa shape index (κ2) is 10.8. The van der Waals surface area contributed by atoms with Gasteiger partial charge in [-0.3, -0.25) is 9.80 Å². The van der Waals surface area contributed by atoms with Crippen molar-refractivity contribution in [3.63, 3.8) is 0 Å². The minimum atomic E-state index is -0.616. The van der Waals surface area contributed by atoms with Gasteiger partial charge in [0.05, 0.1) is 10.8 Å². The topological polar surface area (TPSA) is 127 Å². The summed E-state index contributed by atoms with van der Waals surface area (Å²) in [6.45, 7) is 7.16. The summed E-state index contributed by atoms with van der Waals surface area (Å²) in [5, 5.41) is 16.7. The van der Waals surface area contributed by atoms with Gasteiger partial charge >= 0.3 is 5.63 Å². The molecule has 5 aromatic rings. The van der Waals surface area contributed by atoms with Crippen LogP contribution < -0.4 is 11.4 Å². The standard InChI is InChI=1S/C34H34FN7O3/c1-19(42-33-29(32(36)37-18-38-33)30(39-42)22-12-23(35)14-25(43)13-22)31-28(26-4-2-3-5-27(26)34(44)45-31)21-8-10-41(11-9-21)24-16-40(17-24)15-20-6-7-20/h2-5,8,12-14,18-20,24,43H,6-7,9-11,15-17H2,1H3,(H2,36,37,38)/t19-/m0/s1. The lowest BCUT2D eigenvalue weighted by Gasteiger charge is -2.46. The summed E-state index contributed by atoms with van der Waals surface area (Å²) in [5.74, 6) is 0.684. The molecule has 10 nitrogen and oxygen atoms in total. The number of hydrogen-bond acceptors (Lipinski definition) is 9. The van der Waals surface area contributed by atoms with Gasteiger partial charge in [0, 0.05) is 56.0 Å². The summed E-state index contributed by atoms with van der Waals surface area (Å²) >= 11 is 0. The molecule has 11 heteroatoms. The third-order valence-corrected chi connectivity index (χ3v) is 9.52. The second-order valence-corrected chi connectivity index (χ2v) is 12.6. The number of hydrogen-bond donors (Lipinski definition) is 2. The molecule has 3 aromatic heterocycles. The highest BCUT2D eigenvalue weighted by Crippen LogP contribution is 2.39. The Bertz CT molecular complexity index is 2020. The molecule has 0 bridgehead atoms. The SMILES string of the molecule is C[C@@H](c1oc(=O)c2ccccc2c1C1=CCN(C2CN(CC3CC3)C2)CC1)n1nc(-c2cc(O)cc(F)c2)c2c(N)ncnc21. The third-order valence-electron chi connectivity index (χ3n) is 9.52. The maximum atomic E-state index is 14.4. The van der Waals surface area contributed by atoms with E-state index in [1.54, 1.807) is 10.7 Å². The van der Waals surface area contributed by atoms with Crippen LogP contribution in [0.3, 0.4) is 0 Å². The van der Waals surface area contributed by atoms with Crippen LogP contribution in [0.25, 0.3) is 38.6 Å². The Labute approximate surface area is 258 Å². The van der Waals surface area contributed by atoms with Gasteiger partial charge in [-0.25, -0.2) is 23.8 Å². The monoisotopic (exact) mass is 607 g/mol. The fourth-order valence-corrected chi connectivity index (χ4v) is 6.96. The van der Waals surface area contributed by atoms with Crippen LogP contribution in [-0.4, -0.2) is 73.4 Å². The van der Waals surface area contributed by atoms with Gasteiger partial charge in [0.25, 0.3) is 0 Å². The molecule has 0 radical (unpaired) electrons. The van der Waals surface area contributed by atoms with E-state index in [0.29, 0.717) is 39.5 Å². The van der Waals surface area contributed by atoms with Crippen molar-refractivity contribution in [2.75, 3.05) is 38.5 Å². The molecule has 1 saturated heterocycles. The summed E-state index contributed by atoms with van der Waals surface area (Å²) < 4.78 is 22.1. The van der Waals surface area contributed by atoms with Crippen LogP contribution in [0.5, 0.6) is 5.75 Å². The Balaban J connectivity index is 1.21. The molecule has 1 aliphatic carbocycles. The zero-order valence-corrected chi connectivity index (χ0v) is 25.0. The molecule has 5 heterocycles. The van der Waals surface area contributed by atoms with Crippen LogP contribution in [0, 0.1) is 11.7 Å². The van der Waals surface area contributed by atoms with E-state index in [9.17, 15) is 14.3 Å². The first-order valence-electron chi connectivity index (χ1n) is 15.5. The number of benzene rings is 2. The summed E-state index contributed by atoms with van der Waals surface area (Å²) in [4.78, 5) is 27.1. The molecule has 3 N–H and O–H groups in total. The first-order valence-corrected chi connectivity index (χ1v) is 15.5. The fraction of sp³-hybridized carbons (Fsp3) is 0.353. The highest BCUT2D eigenvalue weighted by atomic mass is 19.1. The molecule has 0 amide bonds. The minimum absolute atomic E-state index is 0.166. The first kappa shape index (κ1) is 27.9. The largest absolute Gasteiger partial charge is 0.508 e. The smallest absolute Gasteiger partial charge is 0.343 e. The van der Waals surface area contributed by atoms with E-state index >= 15 is 0 Å². The second-order valence-electron chi connectivity index (χ2n) is 12.6. The van der Waals surface area contributed by atoms with Crippen molar-refractivity contribution in [2.24, 2.45) is 5.92 Å². The molecule has 2 aliphatic heterocycles. The number of likely N-dealkylation sites (tertiary alicyclic amines) is 1. The number of aromatic nitrogens is 4. The van der Waals surface area contributed by atoms with Crippen LogP contribution in [0.4, 0.5) is 10.2 Å². The zero-order chi connectivity index (χ0) is 30.8. The summed E-state index contributed by atoms with van der Waals surface area (Å²) in [6, 6.07) is 11.2. The first-order chi connectivity index (χ1) is 21.8. The summed E-state index contributed by atoms with van der Waals surface area (Å²) in [5.41, 5.74) is 8.94. The van der Waals surface area contributed by atoms with Gasteiger partial charge in [0.1, 0.15) is 41.2 Å². The molecule has 8 rings (SSSR count). The lowest BCUT2D eigenvalue weighted by molar-refractivity contribution is 0.0371. The minimum Gasteiger partial charge on any atom is -0.508 e. The molecule has 0 spiro atoms. The van der Waals surface area contributed by atoms with Gasteiger partial charge in [0.15, 0.2) is 5.65 Å². The molecule has 1 saturated carbocycles. The van der Waals surface area contributed by atoms with Crippen LogP contribution in [-0.2, 0) is 0 Å². The lowest BCUT2D eigenvalue weighted by Crippen LogP contribution is -2.60. The predicted molar refractivity (Wildman–Crippen MR) is 170 cm³/mol. The van der Waals surface area contributed by atoms with E-state index in [4.69, 9.17) is 15.2 Å². The van der Waals surface area contributed by atoms with Gasteiger partial charge in [-0.15, -0.1) is 0 Å². The maximum absolute atomic E-state index is 14.4. The van der Waals surface area contributed by atoms with E-state index in [1.165, 1.54) is 37.8 Å². The number of anilines is 1. The molecule has 3 aliphatic rings. The Kier molecular flexibility index (Phi) is 6.68. The van der Waals surface area contributed by atoms with E-state index in [1.807, 2.05) is 25.1 Å². The van der Waals surface area contributed by atoms with Crippen molar-refractivity contribution in [2.45, 2.75) is 38.3 Å². The van der Waals surface area contributed by atoms with Gasteiger partial charge in [-0.1, -0.05) is 24.3 Å². The Morgan fingerprint density at radius 1 is 1.13 bits per heavy atom. The number of rotatable bonds is 7. The number of aromatic hydroxyl groups is 1. The summed E-state index contributed by atoms with van der Waals surface area (Å²) in [7, 11) is 0. The van der Waals surface area contributed by atoms with Gasteiger partial charge in [-0.05, 0) is 61.3 Å². The number of halogens is 1. The van der Waals surface area contributed by atoms with E-state index in [-0.39, 0.29) is 11.6 Å². The number of nitrogens with two attached hydrogens (primary N) is 1. The predicted octanol–water partition coefficient (Wildman–Crippen LogP) is 4.82. The van der Waals surface area contributed by atoms with Crippen LogP contribution >= 0.6 is 0 Å². The van der Waals surface area contributed by atoms with E-state index < -0.39 is 17.5 Å². The maximum Gasteiger partial charge on any atom is 0.343 e. The van der Waals surface area contributed by atoms with Crippen molar-refractivity contribution in [3.8, 4) is 17.0 Å². The molecular weight excluding hydrogens is 573 g/mol. The average molecular weight is 608 g/mol. The van der Waals surface area contributed by atoms with Gasteiger partial charge in [0.2, 0.25) is 0 Å². The van der Waals surface area contributed by atoms with E-state index in [0.717, 1.165) is 61.1 Å². The molecular formula is C34H34FN7O3. The average Bonchev–Trinajstić information content (AvgIpc) is 3.75. The number of nitrogen functional groups attached to an aromatic ring is 1. The molecule has 2 fully saturated rings. The number of nitrogens with zero attached hydrogens (tertiary/aromatic N) is 6. The normalized spacial score (nSPS) is 18.8. The molecule has 2 aromatic carbocycles. The highest BCUT2D eigenvalue weighted by Gasteiger charge is 2.36. The van der Waals surface area contributed by atoms with E-state index in [2.05, 4.69) is 25.8 Å². The Morgan fingerprint density at radius 3 is 2.67 bits per heavy atom. The molecule has 0 unspecified atom stereocenters. The van der Waals surface area contributed by atoms with Crippen LogP contribution in [0.2, 0.25) is 0 Å². The van der Waals surface area contributed by atoms with Gasteiger partial charge in [-0.2, -0.15) is 5.10 Å². The summed E-state index contributed by atoms with van der Waals surface area (Å²) in [6.07, 6.45) is 7.19. The third kappa shape index (κ3) is 4.96. The van der Waals surface area contributed by atoms with Crippen molar-refractivity contribution in [1.82, 2.24) is 29.5 Å². The number of fused-ring (bicyclic) bond motifs is 2.